The number of carbonyl (C=O) groups excluding carboxylic acids is 2. The standard InChI is InChI=1S/C10H16N2O6S2/c1-3-8(19(15)16)10(14)12-6-5-11-9(13)7-20(17,18)4-2/h3-4,8,19H,1-2,5-7H2,(H,11,13)(H,12,14). The highest BCUT2D eigenvalue weighted by molar-refractivity contribution is 7.94. The first kappa shape index (κ1) is 18.3. The first-order valence-corrected chi connectivity index (χ1v) is 8.35. The van der Waals surface area contributed by atoms with Crippen LogP contribution in [0.1, 0.15) is 0 Å². The van der Waals surface area contributed by atoms with Crippen LogP contribution in [0.3, 0.4) is 0 Å². The third-order valence-corrected chi connectivity index (χ3v) is 4.12. The Bertz CT molecular complexity index is 556. The van der Waals surface area contributed by atoms with E-state index >= 15 is 0 Å². The lowest BCUT2D eigenvalue weighted by atomic mass is 10.4. The van der Waals surface area contributed by atoms with Gasteiger partial charge in [0.2, 0.25) is 11.8 Å². The molecule has 0 bridgehead atoms. The third kappa shape index (κ3) is 7.04. The number of thiol groups is 1. The van der Waals surface area contributed by atoms with Gasteiger partial charge < -0.3 is 10.6 Å². The van der Waals surface area contributed by atoms with Gasteiger partial charge in [0.15, 0.2) is 25.8 Å². The molecule has 0 aliphatic carbocycles. The first-order chi connectivity index (χ1) is 9.23. The molecule has 20 heavy (non-hydrogen) atoms. The molecule has 1 atom stereocenters. The third-order valence-electron chi connectivity index (χ3n) is 2.05. The van der Waals surface area contributed by atoms with Crippen molar-refractivity contribution in [2.45, 2.75) is 5.25 Å². The van der Waals surface area contributed by atoms with Crippen molar-refractivity contribution in [3.63, 3.8) is 0 Å². The number of carbonyl (C=O) groups is 2. The van der Waals surface area contributed by atoms with Crippen LogP contribution in [-0.2, 0) is 30.1 Å². The minimum Gasteiger partial charge on any atom is -0.353 e. The molecule has 0 rings (SSSR count). The average molecular weight is 324 g/mol. The Labute approximate surface area is 118 Å². The molecule has 0 saturated heterocycles. The lowest BCUT2D eigenvalue weighted by molar-refractivity contribution is -0.121. The highest BCUT2D eigenvalue weighted by Gasteiger charge is 2.17. The van der Waals surface area contributed by atoms with E-state index in [0.29, 0.717) is 5.41 Å². The quantitative estimate of drug-likeness (QED) is 0.254. The zero-order valence-electron chi connectivity index (χ0n) is 10.6. The Balaban J connectivity index is 4.09. The smallest absolute Gasteiger partial charge is 0.242 e. The Hall–Kier alpha value is -1.68. The molecule has 0 aliphatic rings. The highest BCUT2D eigenvalue weighted by Crippen LogP contribution is 1.91. The predicted octanol–water partition coefficient (Wildman–Crippen LogP) is -2.06. The van der Waals surface area contributed by atoms with Gasteiger partial charge in [-0.15, -0.1) is 6.58 Å². The molecule has 0 aliphatic heterocycles. The number of sulfone groups is 1. The molecule has 0 aromatic carbocycles. The predicted molar refractivity (Wildman–Crippen MR) is 74.3 cm³/mol. The molecule has 0 fully saturated rings. The van der Waals surface area contributed by atoms with Gasteiger partial charge in [-0.05, 0) is 0 Å². The van der Waals surface area contributed by atoms with Gasteiger partial charge in [-0.3, -0.25) is 9.59 Å². The molecular weight excluding hydrogens is 308 g/mol. The number of hydrogen-bond acceptors (Lipinski definition) is 6. The summed E-state index contributed by atoms with van der Waals surface area (Å²) in [4.78, 5) is 22.5. The molecule has 2 amide bonds. The van der Waals surface area contributed by atoms with Gasteiger partial charge >= 0.3 is 0 Å². The zero-order chi connectivity index (χ0) is 15.8. The van der Waals surface area contributed by atoms with E-state index in [2.05, 4.69) is 23.8 Å². The Morgan fingerprint density at radius 1 is 1.15 bits per heavy atom. The summed E-state index contributed by atoms with van der Waals surface area (Å²) >= 11 is 0. The summed E-state index contributed by atoms with van der Waals surface area (Å²) in [5.74, 6) is -2.23. The monoisotopic (exact) mass is 324 g/mol. The van der Waals surface area contributed by atoms with Crippen LogP contribution < -0.4 is 10.6 Å². The van der Waals surface area contributed by atoms with E-state index in [4.69, 9.17) is 0 Å². The lowest BCUT2D eigenvalue weighted by Crippen LogP contribution is -2.40. The van der Waals surface area contributed by atoms with E-state index < -0.39 is 43.4 Å². The van der Waals surface area contributed by atoms with E-state index in [1.54, 1.807) is 0 Å². The largest absolute Gasteiger partial charge is 0.353 e. The Kier molecular flexibility index (Phi) is 7.77. The minimum atomic E-state index is -3.63. The van der Waals surface area contributed by atoms with E-state index in [9.17, 15) is 26.4 Å². The maximum Gasteiger partial charge on any atom is 0.242 e. The second-order valence-electron chi connectivity index (χ2n) is 3.58. The van der Waals surface area contributed by atoms with Gasteiger partial charge in [-0.25, -0.2) is 16.8 Å². The molecule has 10 heteroatoms. The molecule has 114 valence electrons. The second-order valence-corrected chi connectivity index (χ2v) is 6.66. The van der Waals surface area contributed by atoms with Gasteiger partial charge in [0.1, 0.15) is 5.75 Å². The van der Waals surface area contributed by atoms with E-state index in [0.717, 1.165) is 6.08 Å². The maximum atomic E-state index is 11.3. The summed E-state index contributed by atoms with van der Waals surface area (Å²) in [7, 11) is -6.59. The SMILES string of the molecule is C=CC(C(=O)NCCNC(=O)CS(=O)(=O)C=C)[SH](=O)=O. The van der Waals surface area contributed by atoms with Gasteiger partial charge in [0.25, 0.3) is 0 Å². The number of hydrogen-bond donors (Lipinski definition) is 3. The van der Waals surface area contributed by atoms with E-state index in [1.807, 2.05) is 0 Å². The first-order valence-electron chi connectivity index (χ1n) is 5.39. The molecule has 0 heterocycles. The lowest BCUT2D eigenvalue weighted by Gasteiger charge is -2.08. The van der Waals surface area contributed by atoms with Gasteiger partial charge in [0.05, 0.1) is 0 Å². The van der Waals surface area contributed by atoms with Gasteiger partial charge in [-0.1, -0.05) is 12.7 Å². The average Bonchev–Trinajstić information content (AvgIpc) is 2.34. The fraction of sp³-hybridized carbons (Fsp3) is 0.400. The van der Waals surface area contributed by atoms with E-state index in [1.165, 1.54) is 0 Å². The van der Waals surface area contributed by atoms with Crippen LogP contribution in [0.15, 0.2) is 24.6 Å². The molecule has 0 saturated carbocycles. The van der Waals surface area contributed by atoms with Crippen LogP contribution in [0, 0.1) is 0 Å². The van der Waals surface area contributed by atoms with Crippen molar-refractivity contribution in [3.8, 4) is 0 Å². The molecule has 8 nitrogen and oxygen atoms in total. The number of amides is 2. The summed E-state index contributed by atoms with van der Waals surface area (Å²) < 4.78 is 43.4. The summed E-state index contributed by atoms with van der Waals surface area (Å²) in [5.41, 5.74) is 0. The molecule has 2 N–H and O–H groups in total. The normalized spacial score (nSPS) is 12.4. The summed E-state index contributed by atoms with van der Waals surface area (Å²) in [5, 5.41) is 3.87. The van der Waals surface area contributed by atoms with Crippen LogP contribution in [0.2, 0.25) is 0 Å². The molecule has 1 unspecified atom stereocenters. The van der Waals surface area contributed by atoms with Crippen molar-refractivity contribution in [1.29, 1.82) is 0 Å². The number of rotatable bonds is 9. The topological polar surface area (TPSA) is 126 Å². The van der Waals surface area contributed by atoms with Crippen molar-refractivity contribution in [3.05, 3.63) is 24.6 Å². The van der Waals surface area contributed by atoms with Crippen molar-refractivity contribution in [2.75, 3.05) is 18.8 Å². The number of nitrogens with one attached hydrogen (secondary N) is 2. The van der Waals surface area contributed by atoms with Crippen LogP contribution in [-0.4, -0.2) is 52.7 Å². The molecule has 0 aromatic rings. The van der Waals surface area contributed by atoms with Gasteiger partial charge in [-0.2, -0.15) is 0 Å². The Morgan fingerprint density at radius 2 is 1.70 bits per heavy atom. The maximum absolute atomic E-state index is 11.3. The van der Waals surface area contributed by atoms with Crippen molar-refractivity contribution in [2.24, 2.45) is 0 Å². The summed E-state index contributed by atoms with van der Waals surface area (Å²) in [6.07, 6.45) is 0.982. The highest BCUT2D eigenvalue weighted by atomic mass is 32.2. The fourth-order valence-corrected chi connectivity index (χ4v) is 2.11. The zero-order valence-corrected chi connectivity index (χ0v) is 12.3. The second kappa shape index (κ2) is 8.48. The Morgan fingerprint density at radius 3 is 2.15 bits per heavy atom. The summed E-state index contributed by atoms with van der Waals surface area (Å²) in [6.45, 7) is 6.21. The van der Waals surface area contributed by atoms with Crippen LogP contribution in [0.4, 0.5) is 0 Å². The van der Waals surface area contributed by atoms with Crippen LogP contribution in [0.25, 0.3) is 0 Å². The molecule has 0 aromatic heterocycles. The van der Waals surface area contributed by atoms with Crippen molar-refractivity contribution in [1.82, 2.24) is 10.6 Å². The van der Waals surface area contributed by atoms with Gasteiger partial charge in [0, 0.05) is 18.5 Å². The molecule has 0 radical (unpaired) electrons. The fourth-order valence-electron chi connectivity index (χ4n) is 1.07. The minimum absolute atomic E-state index is 0.0310. The molecule has 0 spiro atoms. The van der Waals surface area contributed by atoms with Crippen molar-refractivity contribution >= 4 is 32.4 Å². The summed E-state index contributed by atoms with van der Waals surface area (Å²) in [6, 6.07) is 0. The van der Waals surface area contributed by atoms with Crippen LogP contribution >= 0.6 is 0 Å². The van der Waals surface area contributed by atoms with Crippen molar-refractivity contribution < 1.29 is 26.4 Å². The molecular formula is C10H16N2O6S2. The van der Waals surface area contributed by atoms with Crippen LogP contribution in [0.5, 0.6) is 0 Å². The van der Waals surface area contributed by atoms with E-state index in [-0.39, 0.29) is 13.1 Å².